The van der Waals surface area contributed by atoms with Gasteiger partial charge in [-0.05, 0) is 17.7 Å². The molecule has 1 N–H and O–H groups in total. The Morgan fingerprint density at radius 1 is 1.32 bits per heavy atom. The molecule has 0 radical (unpaired) electrons. The molecule has 0 aliphatic carbocycles. The molecule has 2 aliphatic heterocycles. The smallest absolute Gasteiger partial charge is 0.254 e. The van der Waals surface area contributed by atoms with Crippen molar-refractivity contribution < 1.29 is 24.1 Å². The fourth-order valence-corrected chi connectivity index (χ4v) is 2.24. The molecule has 1 saturated heterocycles. The number of carbonyl (C=O) groups is 1. The number of aliphatic hydroxyl groups is 1. The second-order valence-corrected chi connectivity index (χ2v) is 4.49. The van der Waals surface area contributed by atoms with E-state index in [2.05, 4.69) is 0 Å². The number of fused-ring (bicyclic) bond motifs is 1. The molecule has 1 atom stereocenters. The van der Waals surface area contributed by atoms with E-state index < -0.39 is 6.10 Å². The lowest BCUT2D eigenvalue weighted by Gasteiger charge is -2.31. The van der Waals surface area contributed by atoms with Crippen LogP contribution in [0.3, 0.4) is 0 Å². The van der Waals surface area contributed by atoms with Crippen molar-refractivity contribution in [3.63, 3.8) is 0 Å². The molecule has 3 rings (SSSR count). The van der Waals surface area contributed by atoms with E-state index in [1.165, 1.54) is 0 Å². The Morgan fingerprint density at radius 3 is 3.00 bits per heavy atom. The highest BCUT2D eigenvalue weighted by molar-refractivity contribution is 5.81. The Kier molecular flexibility index (Phi) is 3.27. The predicted molar refractivity (Wildman–Crippen MR) is 64.8 cm³/mol. The normalized spacial score (nSPS) is 21.8. The lowest BCUT2D eigenvalue weighted by Crippen LogP contribution is -2.48. The van der Waals surface area contributed by atoms with Gasteiger partial charge in [-0.25, -0.2) is 0 Å². The van der Waals surface area contributed by atoms with Crippen LogP contribution < -0.4 is 9.47 Å². The zero-order valence-electron chi connectivity index (χ0n) is 10.4. The van der Waals surface area contributed by atoms with Crippen LogP contribution in [-0.2, 0) is 16.1 Å². The highest BCUT2D eigenvalue weighted by Crippen LogP contribution is 2.32. The zero-order valence-corrected chi connectivity index (χ0v) is 10.4. The molecule has 102 valence electrons. The summed E-state index contributed by atoms with van der Waals surface area (Å²) in [6.45, 7) is 1.42. The second kappa shape index (κ2) is 5.07. The van der Waals surface area contributed by atoms with E-state index in [0.717, 1.165) is 11.3 Å². The summed E-state index contributed by atoms with van der Waals surface area (Å²) in [7, 11) is 0. The summed E-state index contributed by atoms with van der Waals surface area (Å²) >= 11 is 0. The number of ether oxygens (including phenoxy) is 3. The first-order valence-electron chi connectivity index (χ1n) is 6.17. The monoisotopic (exact) mass is 265 g/mol. The van der Waals surface area contributed by atoms with Crippen molar-refractivity contribution in [3.05, 3.63) is 23.8 Å². The number of benzene rings is 1. The van der Waals surface area contributed by atoms with E-state index in [-0.39, 0.29) is 19.3 Å². The SMILES string of the molecule is O=C1C(CO)OCCN1Cc1ccc2c(c1)OCO2. The van der Waals surface area contributed by atoms with Gasteiger partial charge in [-0.15, -0.1) is 0 Å². The van der Waals surface area contributed by atoms with Crippen LogP contribution in [0.2, 0.25) is 0 Å². The molecule has 19 heavy (non-hydrogen) atoms. The predicted octanol–water partition coefficient (Wildman–Crippen LogP) is 0.135. The molecule has 0 spiro atoms. The average molecular weight is 265 g/mol. The molecule has 1 aromatic carbocycles. The molecule has 1 aromatic rings. The van der Waals surface area contributed by atoms with Gasteiger partial charge in [-0.1, -0.05) is 6.07 Å². The summed E-state index contributed by atoms with van der Waals surface area (Å²) in [6.07, 6.45) is -0.734. The number of morpholine rings is 1. The Hall–Kier alpha value is -1.79. The summed E-state index contributed by atoms with van der Waals surface area (Å²) < 4.78 is 15.7. The van der Waals surface area contributed by atoms with Gasteiger partial charge in [0.1, 0.15) is 0 Å². The topological polar surface area (TPSA) is 68.2 Å². The summed E-state index contributed by atoms with van der Waals surface area (Å²) in [6, 6.07) is 5.62. The third kappa shape index (κ3) is 2.36. The van der Waals surface area contributed by atoms with Gasteiger partial charge < -0.3 is 24.2 Å². The van der Waals surface area contributed by atoms with Crippen LogP contribution in [0.4, 0.5) is 0 Å². The summed E-state index contributed by atoms with van der Waals surface area (Å²) in [4.78, 5) is 13.7. The first kappa shape index (κ1) is 12.3. The van der Waals surface area contributed by atoms with Gasteiger partial charge in [0, 0.05) is 13.1 Å². The van der Waals surface area contributed by atoms with E-state index >= 15 is 0 Å². The fraction of sp³-hybridized carbons (Fsp3) is 0.462. The Morgan fingerprint density at radius 2 is 2.16 bits per heavy atom. The molecule has 6 nitrogen and oxygen atoms in total. The molecular formula is C13H15NO5. The zero-order chi connectivity index (χ0) is 13.2. The number of rotatable bonds is 3. The third-order valence-corrected chi connectivity index (χ3v) is 3.24. The van der Waals surface area contributed by atoms with Crippen molar-refractivity contribution >= 4 is 5.91 Å². The molecule has 2 heterocycles. The van der Waals surface area contributed by atoms with E-state index in [1.54, 1.807) is 4.90 Å². The van der Waals surface area contributed by atoms with Crippen molar-refractivity contribution in [3.8, 4) is 11.5 Å². The average Bonchev–Trinajstić information content (AvgIpc) is 2.88. The van der Waals surface area contributed by atoms with Crippen LogP contribution in [0, 0.1) is 0 Å². The Bertz CT molecular complexity index is 490. The highest BCUT2D eigenvalue weighted by Gasteiger charge is 2.29. The van der Waals surface area contributed by atoms with Crippen molar-refractivity contribution in [1.82, 2.24) is 4.90 Å². The van der Waals surface area contributed by atoms with E-state index in [4.69, 9.17) is 19.3 Å². The van der Waals surface area contributed by atoms with Crippen LogP contribution >= 0.6 is 0 Å². The van der Waals surface area contributed by atoms with Gasteiger partial charge in [0.05, 0.1) is 13.2 Å². The number of hydrogen-bond acceptors (Lipinski definition) is 5. The van der Waals surface area contributed by atoms with Gasteiger partial charge in [0.2, 0.25) is 6.79 Å². The lowest BCUT2D eigenvalue weighted by atomic mass is 10.1. The Labute approximate surface area is 110 Å². The number of aliphatic hydroxyl groups excluding tert-OH is 1. The van der Waals surface area contributed by atoms with Gasteiger partial charge in [-0.2, -0.15) is 0 Å². The van der Waals surface area contributed by atoms with Gasteiger partial charge in [-0.3, -0.25) is 4.79 Å². The molecule has 1 fully saturated rings. The van der Waals surface area contributed by atoms with Crippen LogP contribution in [0.5, 0.6) is 11.5 Å². The standard InChI is InChI=1S/C13H15NO5/c15-7-12-13(16)14(3-4-17-12)6-9-1-2-10-11(5-9)19-8-18-10/h1-2,5,12,15H,3-4,6-8H2. The first-order valence-corrected chi connectivity index (χ1v) is 6.17. The molecule has 1 unspecified atom stereocenters. The molecule has 0 bridgehead atoms. The molecule has 1 amide bonds. The van der Waals surface area contributed by atoms with Crippen molar-refractivity contribution in [2.45, 2.75) is 12.6 Å². The minimum Gasteiger partial charge on any atom is -0.454 e. The molecule has 0 saturated carbocycles. The molecule has 6 heteroatoms. The third-order valence-electron chi connectivity index (χ3n) is 3.24. The maximum absolute atomic E-state index is 12.0. The van der Waals surface area contributed by atoms with Crippen LogP contribution in [0.25, 0.3) is 0 Å². The molecular weight excluding hydrogens is 250 g/mol. The first-order chi connectivity index (χ1) is 9.28. The van der Waals surface area contributed by atoms with Crippen LogP contribution in [-0.4, -0.2) is 48.6 Å². The molecule has 2 aliphatic rings. The molecule has 0 aromatic heterocycles. The Balaban J connectivity index is 1.72. The lowest BCUT2D eigenvalue weighted by molar-refractivity contribution is -0.156. The number of nitrogens with zero attached hydrogens (tertiary/aromatic N) is 1. The van der Waals surface area contributed by atoms with Gasteiger partial charge in [0.25, 0.3) is 5.91 Å². The second-order valence-electron chi connectivity index (χ2n) is 4.49. The minimum absolute atomic E-state index is 0.175. The summed E-state index contributed by atoms with van der Waals surface area (Å²) in [5.74, 6) is 1.26. The van der Waals surface area contributed by atoms with E-state index in [0.29, 0.717) is 25.4 Å². The summed E-state index contributed by atoms with van der Waals surface area (Å²) in [5, 5.41) is 9.06. The van der Waals surface area contributed by atoms with E-state index in [1.807, 2.05) is 18.2 Å². The van der Waals surface area contributed by atoms with Crippen LogP contribution in [0.1, 0.15) is 5.56 Å². The summed E-state index contributed by atoms with van der Waals surface area (Å²) in [5.41, 5.74) is 0.969. The van der Waals surface area contributed by atoms with Crippen molar-refractivity contribution in [1.29, 1.82) is 0 Å². The van der Waals surface area contributed by atoms with E-state index in [9.17, 15) is 4.79 Å². The van der Waals surface area contributed by atoms with Gasteiger partial charge >= 0.3 is 0 Å². The number of hydrogen-bond donors (Lipinski definition) is 1. The maximum Gasteiger partial charge on any atom is 0.254 e. The largest absolute Gasteiger partial charge is 0.454 e. The van der Waals surface area contributed by atoms with Crippen LogP contribution in [0.15, 0.2) is 18.2 Å². The maximum atomic E-state index is 12.0. The van der Waals surface area contributed by atoms with Crippen molar-refractivity contribution in [2.24, 2.45) is 0 Å². The van der Waals surface area contributed by atoms with Gasteiger partial charge in [0.15, 0.2) is 17.6 Å². The number of amides is 1. The highest BCUT2D eigenvalue weighted by atomic mass is 16.7. The fourth-order valence-electron chi connectivity index (χ4n) is 2.24. The minimum atomic E-state index is -0.734. The van der Waals surface area contributed by atoms with Crippen molar-refractivity contribution in [2.75, 3.05) is 26.6 Å². The quantitative estimate of drug-likeness (QED) is 0.841. The number of carbonyl (C=O) groups excluding carboxylic acids is 1.